The van der Waals surface area contributed by atoms with Crippen LogP contribution in [-0.4, -0.2) is 22.6 Å². The summed E-state index contributed by atoms with van der Waals surface area (Å²) >= 11 is 0. The molecular weight excluding hydrogens is 240 g/mol. The number of nitrogen functional groups attached to an aromatic ring is 1. The number of H-pyrrole nitrogens is 1. The third-order valence-electron chi connectivity index (χ3n) is 3.16. The number of anilines is 2. The number of nitrogens with two attached hydrogens (primary N) is 1. The summed E-state index contributed by atoms with van der Waals surface area (Å²) in [6, 6.07) is 7.76. The Labute approximate surface area is 112 Å². The van der Waals surface area contributed by atoms with E-state index >= 15 is 0 Å². The number of nitrogens with zero attached hydrogens (tertiary/aromatic N) is 2. The maximum atomic E-state index is 12.5. The maximum absolute atomic E-state index is 12.5. The number of aryl methyl sites for hydroxylation is 2. The van der Waals surface area contributed by atoms with Crippen molar-refractivity contribution < 1.29 is 4.79 Å². The van der Waals surface area contributed by atoms with Crippen LogP contribution in [0.1, 0.15) is 28.7 Å². The molecule has 1 aromatic heterocycles. The fourth-order valence-electron chi connectivity index (χ4n) is 2.02. The van der Waals surface area contributed by atoms with Crippen molar-refractivity contribution in [1.82, 2.24) is 10.2 Å². The molecule has 5 nitrogen and oxygen atoms in total. The van der Waals surface area contributed by atoms with Crippen molar-refractivity contribution in [2.24, 2.45) is 0 Å². The van der Waals surface area contributed by atoms with Crippen LogP contribution in [0.25, 0.3) is 0 Å². The Morgan fingerprint density at radius 2 is 2.05 bits per heavy atom. The van der Waals surface area contributed by atoms with Crippen LogP contribution in [0.4, 0.5) is 11.4 Å². The van der Waals surface area contributed by atoms with E-state index in [4.69, 9.17) is 5.73 Å². The van der Waals surface area contributed by atoms with E-state index in [-0.39, 0.29) is 11.6 Å². The van der Waals surface area contributed by atoms with Crippen LogP contribution in [-0.2, 0) is 0 Å². The standard InChI is InChI=1S/C14H18N4O/c1-4-18(11-8-6-5-7-9(11)2)14(19)13-12(15)10(3)16-17-13/h5-8H,4,15H2,1-3H3,(H,16,17). The van der Waals surface area contributed by atoms with Crippen LogP contribution in [0.5, 0.6) is 0 Å². The highest BCUT2D eigenvalue weighted by Crippen LogP contribution is 2.23. The molecule has 0 unspecified atom stereocenters. The predicted octanol–water partition coefficient (Wildman–Crippen LogP) is 2.28. The normalized spacial score (nSPS) is 10.5. The number of nitrogens with one attached hydrogen (secondary N) is 1. The summed E-state index contributed by atoms with van der Waals surface area (Å²) in [5.74, 6) is -0.182. The maximum Gasteiger partial charge on any atom is 0.280 e. The van der Waals surface area contributed by atoms with Crippen LogP contribution in [0.2, 0.25) is 0 Å². The first-order valence-corrected chi connectivity index (χ1v) is 6.24. The van der Waals surface area contributed by atoms with Gasteiger partial charge in [0.15, 0.2) is 5.69 Å². The van der Waals surface area contributed by atoms with Gasteiger partial charge in [-0.15, -0.1) is 0 Å². The molecule has 1 heterocycles. The number of para-hydroxylation sites is 1. The highest BCUT2D eigenvalue weighted by atomic mass is 16.2. The van der Waals surface area contributed by atoms with Gasteiger partial charge in [0.1, 0.15) is 0 Å². The van der Waals surface area contributed by atoms with Crippen LogP contribution in [0, 0.1) is 13.8 Å². The minimum Gasteiger partial charge on any atom is -0.395 e. The van der Waals surface area contributed by atoms with Crippen molar-refractivity contribution in [3.05, 3.63) is 41.2 Å². The molecule has 0 radical (unpaired) electrons. The molecule has 0 bridgehead atoms. The molecule has 1 amide bonds. The van der Waals surface area contributed by atoms with Gasteiger partial charge in [0, 0.05) is 12.2 Å². The second kappa shape index (κ2) is 5.14. The molecule has 100 valence electrons. The van der Waals surface area contributed by atoms with Gasteiger partial charge in [-0.3, -0.25) is 9.89 Å². The fraction of sp³-hybridized carbons (Fsp3) is 0.286. The number of rotatable bonds is 3. The van der Waals surface area contributed by atoms with Crippen molar-refractivity contribution >= 4 is 17.3 Å². The zero-order valence-electron chi connectivity index (χ0n) is 11.4. The number of carbonyl (C=O) groups is 1. The molecule has 0 saturated carbocycles. The Morgan fingerprint density at radius 3 is 2.58 bits per heavy atom. The number of amides is 1. The number of benzene rings is 1. The summed E-state index contributed by atoms with van der Waals surface area (Å²) < 4.78 is 0. The molecule has 19 heavy (non-hydrogen) atoms. The van der Waals surface area contributed by atoms with E-state index in [0.717, 1.165) is 11.3 Å². The van der Waals surface area contributed by atoms with E-state index < -0.39 is 0 Å². The Bertz CT molecular complexity index is 603. The summed E-state index contributed by atoms with van der Waals surface area (Å²) in [7, 11) is 0. The van der Waals surface area contributed by atoms with Crippen LogP contribution in [0.3, 0.4) is 0 Å². The average molecular weight is 258 g/mol. The van der Waals surface area contributed by atoms with Gasteiger partial charge in [0.2, 0.25) is 0 Å². The smallest absolute Gasteiger partial charge is 0.280 e. The van der Waals surface area contributed by atoms with Gasteiger partial charge < -0.3 is 10.6 Å². The quantitative estimate of drug-likeness (QED) is 0.886. The minimum atomic E-state index is -0.182. The Balaban J connectivity index is 2.41. The molecule has 0 spiro atoms. The summed E-state index contributed by atoms with van der Waals surface area (Å²) in [5.41, 5.74) is 9.21. The zero-order chi connectivity index (χ0) is 14.0. The first-order chi connectivity index (χ1) is 9.06. The summed E-state index contributed by atoms with van der Waals surface area (Å²) in [4.78, 5) is 14.2. The topological polar surface area (TPSA) is 75.0 Å². The highest BCUT2D eigenvalue weighted by molar-refractivity contribution is 6.08. The zero-order valence-corrected chi connectivity index (χ0v) is 11.4. The van der Waals surface area contributed by atoms with Crippen LogP contribution >= 0.6 is 0 Å². The predicted molar refractivity (Wildman–Crippen MR) is 76.3 cm³/mol. The Kier molecular flexibility index (Phi) is 3.55. The molecule has 0 fully saturated rings. The highest BCUT2D eigenvalue weighted by Gasteiger charge is 2.22. The Morgan fingerprint density at radius 1 is 1.37 bits per heavy atom. The van der Waals surface area contributed by atoms with Crippen molar-refractivity contribution in [3.63, 3.8) is 0 Å². The molecule has 1 aromatic carbocycles. The third-order valence-corrected chi connectivity index (χ3v) is 3.16. The number of aromatic amines is 1. The number of hydrogen-bond donors (Lipinski definition) is 2. The van der Waals surface area contributed by atoms with Gasteiger partial charge in [-0.1, -0.05) is 18.2 Å². The molecule has 0 atom stereocenters. The average Bonchev–Trinajstić information content (AvgIpc) is 2.73. The van der Waals surface area contributed by atoms with E-state index in [2.05, 4.69) is 10.2 Å². The lowest BCUT2D eigenvalue weighted by Gasteiger charge is -2.22. The lowest BCUT2D eigenvalue weighted by molar-refractivity contribution is 0.0984. The molecule has 0 aliphatic rings. The fourth-order valence-corrected chi connectivity index (χ4v) is 2.02. The summed E-state index contributed by atoms with van der Waals surface area (Å²) in [6.45, 7) is 6.27. The molecule has 0 saturated heterocycles. The lowest BCUT2D eigenvalue weighted by atomic mass is 10.1. The molecular formula is C14H18N4O. The third kappa shape index (κ3) is 2.31. The number of aromatic nitrogens is 2. The van der Waals surface area contributed by atoms with Gasteiger partial charge in [0.25, 0.3) is 5.91 Å². The molecule has 0 aliphatic carbocycles. The van der Waals surface area contributed by atoms with Gasteiger partial charge in [-0.2, -0.15) is 5.10 Å². The SMILES string of the molecule is CCN(C(=O)c1n[nH]c(C)c1N)c1ccccc1C. The van der Waals surface area contributed by atoms with Crippen molar-refractivity contribution in [2.75, 3.05) is 17.2 Å². The van der Waals surface area contributed by atoms with Gasteiger partial charge >= 0.3 is 0 Å². The first-order valence-electron chi connectivity index (χ1n) is 6.24. The van der Waals surface area contributed by atoms with E-state index in [1.807, 2.05) is 38.1 Å². The largest absolute Gasteiger partial charge is 0.395 e. The molecule has 5 heteroatoms. The van der Waals surface area contributed by atoms with Crippen LogP contribution in [0.15, 0.2) is 24.3 Å². The second-order valence-corrected chi connectivity index (χ2v) is 4.45. The van der Waals surface area contributed by atoms with E-state index in [0.29, 0.717) is 17.9 Å². The van der Waals surface area contributed by atoms with E-state index in [1.165, 1.54) is 0 Å². The number of carbonyl (C=O) groups excluding carboxylic acids is 1. The number of hydrogen-bond acceptors (Lipinski definition) is 3. The molecule has 0 aliphatic heterocycles. The molecule has 2 aromatic rings. The van der Waals surface area contributed by atoms with Gasteiger partial charge in [0.05, 0.1) is 11.4 Å². The van der Waals surface area contributed by atoms with Gasteiger partial charge in [-0.25, -0.2) is 0 Å². The second-order valence-electron chi connectivity index (χ2n) is 4.45. The van der Waals surface area contributed by atoms with Crippen molar-refractivity contribution in [3.8, 4) is 0 Å². The van der Waals surface area contributed by atoms with E-state index in [1.54, 1.807) is 11.8 Å². The van der Waals surface area contributed by atoms with Crippen molar-refractivity contribution in [1.29, 1.82) is 0 Å². The lowest BCUT2D eigenvalue weighted by Crippen LogP contribution is -2.32. The monoisotopic (exact) mass is 258 g/mol. The van der Waals surface area contributed by atoms with E-state index in [9.17, 15) is 4.79 Å². The molecule has 3 N–H and O–H groups in total. The molecule has 2 rings (SSSR count). The Hall–Kier alpha value is -2.30. The minimum absolute atomic E-state index is 0.182. The summed E-state index contributed by atoms with van der Waals surface area (Å²) in [6.07, 6.45) is 0. The first kappa shape index (κ1) is 13.1. The van der Waals surface area contributed by atoms with Crippen LogP contribution < -0.4 is 10.6 Å². The van der Waals surface area contributed by atoms with Gasteiger partial charge in [-0.05, 0) is 32.4 Å². The summed E-state index contributed by atoms with van der Waals surface area (Å²) in [5, 5.41) is 6.74. The van der Waals surface area contributed by atoms with Crippen molar-refractivity contribution in [2.45, 2.75) is 20.8 Å².